The second-order valence-electron chi connectivity index (χ2n) is 10.4. The predicted molar refractivity (Wildman–Crippen MR) is 142 cm³/mol. The van der Waals surface area contributed by atoms with E-state index in [1.165, 1.54) is 36.4 Å². The Morgan fingerprint density at radius 2 is 1.47 bits per heavy atom. The van der Waals surface area contributed by atoms with E-state index in [-0.39, 0.29) is 38.5 Å². The number of esters is 1. The van der Waals surface area contributed by atoms with Crippen LogP contribution in [0.3, 0.4) is 0 Å². The fraction of sp³-hybridized carbons (Fsp3) is 0.296. The number of carbonyl (C=O) groups excluding carboxylic acids is 2. The van der Waals surface area contributed by atoms with E-state index in [0.717, 1.165) is 0 Å². The smallest absolute Gasteiger partial charge is 0.343 e. The van der Waals surface area contributed by atoms with E-state index in [1.54, 1.807) is 12.2 Å². The molecular formula is C27H26Cl2N2O5. The summed E-state index contributed by atoms with van der Waals surface area (Å²) in [6.07, 6.45) is 3.43. The number of Topliss-reactive ketones (excluding diaryl/α,β-unsaturated/α-hetero) is 1. The van der Waals surface area contributed by atoms with Gasteiger partial charge in [-0.25, -0.2) is 9.79 Å². The lowest BCUT2D eigenvalue weighted by Crippen LogP contribution is -2.29. The van der Waals surface area contributed by atoms with Crippen LogP contribution in [0.25, 0.3) is 0 Å². The van der Waals surface area contributed by atoms with E-state index in [1.807, 2.05) is 41.5 Å². The molecule has 0 spiro atoms. The zero-order valence-corrected chi connectivity index (χ0v) is 22.3. The number of nitro benzene ring substituents is 1. The van der Waals surface area contributed by atoms with Gasteiger partial charge in [0.1, 0.15) is 5.69 Å². The molecule has 2 aromatic carbocycles. The minimum absolute atomic E-state index is 0.0108. The van der Waals surface area contributed by atoms with Crippen molar-refractivity contribution in [2.45, 2.75) is 41.5 Å². The van der Waals surface area contributed by atoms with Gasteiger partial charge in [-0.05, 0) is 41.2 Å². The zero-order chi connectivity index (χ0) is 27.0. The SMILES string of the molecule is CC(C)(C)C1=CC(=Nc2c(Cl)cc(Cl)cc2OC(=O)c2ccc([N+](=O)[O-])cc2)C=C(C(C)(C)C)C1=O. The molecule has 2 aromatic rings. The first-order valence-electron chi connectivity index (χ1n) is 11.1. The average molecular weight is 529 g/mol. The Morgan fingerprint density at radius 3 is 1.94 bits per heavy atom. The van der Waals surface area contributed by atoms with E-state index in [2.05, 4.69) is 4.99 Å². The summed E-state index contributed by atoms with van der Waals surface area (Å²) < 4.78 is 5.55. The Morgan fingerprint density at radius 1 is 0.944 bits per heavy atom. The first-order chi connectivity index (χ1) is 16.6. The number of non-ortho nitro benzene ring substituents is 1. The molecule has 7 nitrogen and oxygen atoms in total. The molecule has 0 aliphatic heterocycles. The molecule has 9 heteroatoms. The summed E-state index contributed by atoms with van der Waals surface area (Å²) in [5, 5.41) is 11.3. The molecule has 3 rings (SSSR count). The van der Waals surface area contributed by atoms with Gasteiger partial charge in [0, 0.05) is 34.4 Å². The number of hydrogen-bond donors (Lipinski definition) is 0. The van der Waals surface area contributed by atoms with Crippen molar-refractivity contribution < 1.29 is 19.2 Å². The van der Waals surface area contributed by atoms with Crippen molar-refractivity contribution >= 4 is 52.0 Å². The van der Waals surface area contributed by atoms with Crippen LogP contribution in [0, 0.1) is 20.9 Å². The van der Waals surface area contributed by atoms with E-state index in [0.29, 0.717) is 16.9 Å². The largest absolute Gasteiger partial charge is 0.421 e. The van der Waals surface area contributed by atoms with Gasteiger partial charge in [-0.15, -0.1) is 0 Å². The lowest BCUT2D eigenvalue weighted by Gasteiger charge is -2.31. The molecule has 0 amide bonds. The number of rotatable bonds is 4. The van der Waals surface area contributed by atoms with Crippen LogP contribution in [0.1, 0.15) is 51.9 Å². The number of nitro groups is 1. The van der Waals surface area contributed by atoms with Gasteiger partial charge < -0.3 is 4.74 Å². The molecule has 0 unspecified atom stereocenters. The summed E-state index contributed by atoms with van der Waals surface area (Å²) in [6, 6.07) is 7.89. The molecule has 0 aromatic heterocycles. The first-order valence-corrected chi connectivity index (χ1v) is 11.9. The Kier molecular flexibility index (Phi) is 7.58. The van der Waals surface area contributed by atoms with Crippen LogP contribution < -0.4 is 4.74 Å². The highest BCUT2D eigenvalue weighted by atomic mass is 35.5. The number of halogens is 2. The van der Waals surface area contributed by atoms with Crippen LogP contribution in [0.15, 0.2) is 64.7 Å². The molecule has 0 fully saturated rings. The monoisotopic (exact) mass is 528 g/mol. The van der Waals surface area contributed by atoms with Crippen molar-refractivity contribution in [3.63, 3.8) is 0 Å². The second-order valence-corrected chi connectivity index (χ2v) is 11.3. The molecule has 0 saturated heterocycles. The summed E-state index contributed by atoms with van der Waals surface area (Å²) in [6.45, 7) is 11.7. The highest BCUT2D eigenvalue weighted by Gasteiger charge is 2.34. The predicted octanol–water partition coefficient (Wildman–Crippen LogP) is 7.72. The van der Waals surface area contributed by atoms with Gasteiger partial charge in [-0.1, -0.05) is 64.7 Å². The number of ether oxygens (including phenoxy) is 1. The van der Waals surface area contributed by atoms with E-state index in [4.69, 9.17) is 27.9 Å². The van der Waals surface area contributed by atoms with Crippen LogP contribution in [0.2, 0.25) is 10.0 Å². The second kappa shape index (κ2) is 9.99. The fourth-order valence-electron chi connectivity index (χ4n) is 3.53. The van der Waals surface area contributed by atoms with E-state index < -0.39 is 21.7 Å². The third-order valence-electron chi connectivity index (χ3n) is 5.44. The number of aliphatic imine (C=N–C) groups is 1. The van der Waals surface area contributed by atoms with Gasteiger partial charge in [0.2, 0.25) is 0 Å². The van der Waals surface area contributed by atoms with Crippen LogP contribution in [-0.4, -0.2) is 22.4 Å². The molecule has 0 bridgehead atoms. The molecule has 0 saturated carbocycles. The lowest BCUT2D eigenvalue weighted by molar-refractivity contribution is -0.384. The number of benzene rings is 2. The Bertz CT molecular complexity index is 1310. The lowest BCUT2D eigenvalue weighted by atomic mass is 9.72. The molecular weight excluding hydrogens is 503 g/mol. The number of ketones is 1. The maximum absolute atomic E-state index is 13.2. The molecule has 0 N–H and O–H groups in total. The molecule has 1 aliphatic carbocycles. The molecule has 0 atom stereocenters. The topological polar surface area (TPSA) is 98.9 Å². The molecule has 0 heterocycles. The highest BCUT2D eigenvalue weighted by molar-refractivity contribution is 6.37. The quantitative estimate of drug-likeness (QED) is 0.133. The van der Waals surface area contributed by atoms with Crippen molar-refractivity contribution in [1.82, 2.24) is 0 Å². The molecule has 1 aliphatic rings. The van der Waals surface area contributed by atoms with Crippen molar-refractivity contribution in [2.75, 3.05) is 0 Å². The van der Waals surface area contributed by atoms with E-state index >= 15 is 0 Å². The van der Waals surface area contributed by atoms with Gasteiger partial charge in [0.25, 0.3) is 5.69 Å². The van der Waals surface area contributed by atoms with Crippen molar-refractivity contribution in [2.24, 2.45) is 15.8 Å². The standard InChI is InChI=1S/C27H26Cl2N2O5/c1-26(2,3)19-13-17(14-20(24(19)32)27(4,5)6)30-23-21(29)11-16(28)12-22(23)36-25(33)15-7-9-18(10-8-15)31(34)35/h7-14H,1-6H3. The summed E-state index contributed by atoms with van der Waals surface area (Å²) in [5.41, 5.74) is 0.917. The first kappa shape index (κ1) is 27.3. The number of hydrogen-bond acceptors (Lipinski definition) is 6. The van der Waals surface area contributed by atoms with Gasteiger partial charge in [-0.3, -0.25) is 14.9 Å². The summed E-state index contributed by atoms with van der Waals surface area (Å²) >= 11 is 12.6. The van der Waals surface area contributed by atoms with Gasteiger partial charge in [0.05, 0.1) is 21.2 Å². The Hall–Kier alpha value is -3.29. The number of nitrogens with zero attached hydrogens (tertiary/aromatic N) is 2. The summed E-state index contributed by atoms with van der Waals surface area (Å²) in [5.74, 6) is -0.794. The van der Waals surface area contributed by atoms with E-state index in [9.17, 15) is 19.7 Å². The van der Waals surface area contributed by atoms with Gasteiger partial charge >= 0.3 is 5.97 Å². The minimum Gasteiger partial charge on any atom is -0.421 e. The average Bonchev–Trinajstić information content (AvgIpc) is 2.75. The number of carbonyl (C=O) groups is 2. The minimum atomic E-state index is -0.764. The number of allylic oxidation sites excluding steroid dienone is 4. The maximum Gasteiger partial charge on any atom is 0.343 e. The third-order valence-corrected chi connectivity index (χ3v) is 5.95. The zero-order valence-electron chi connectivity index (χ0n) is 20.8. The van der Waals surface area contributed by atoms with Crippen LogP contribution >= 0.6 is 23.2 Å². The normalized spacial score (nSPS) is 14.2. The van der Waals surface area contributed by atoms with Gasteiger partial charge in [0.15, 0.2) is 11.5 Å². The Labute approximate surface area is 219 Å². The molecule has 0 radical (unpaired) electrons. The van der Waals surface area contributed by atoms with Crippen LogP contribution in [0.5, 0.6) is 5.75 Å². The fourth-order valence-corrected chi connectivity index (χ4v) is 4.05. The Balaban J connectivity index is 2.10. The van der Waals surface area contributed by atoms with Crippen molar-refractivity contribution in [3.8, 4) is 5.75 Å². The third kappa shape index (κ3) is 6.09. The maximum atomic E-state index is 13.2. The van der Waals surface area contributed by atoms with Crippen molar-refractivity contribution in [1.29, 1.82) is 0 Å². The molecule has 36 heavy (non-hydrogen) atoms. The highest BCUT2D eigenvalue weighted by Crippen LogP contribution is 2.41. The van der Waals surface area contributed by atoms with Gasteiger partial charge in [-0.2, -0.15) is 0 Å². The van der Waals surface area contributed by atoms with Crippen LogP contribution in [0.4, 0.5) is 11.4 Å². The molecule has 188 valence electrons. The summed E-state index contributed by atoms with van der Waals surface area (Å²) in [4.78, 5) is 41.0. The van der Waals surface area contributed by atoms with Crippen LogP contribution in [-0.2, 0) is 4.79 Å². The van der Waals surface area contributed by atoms with Crippen molar-refractivity contribution in [3.05, 3.63) is 85.4 Å². The summed E-state index contributed by atoms with van der Waals surface area (Å²) in [7, 11) is 0.